The number of carbonyl (C=O) groups is 1. The van der Waals surface area contributed by atoms with Crippen LogP contribution in [0.5, 0.6) is 5.75 Å². The van der Waals surface area contributed by atoms with Gasteiger partial charge < -0.3 is 9.47 Å². The van der Waals surface area contributed by atoms with Crippen LogP contribution in [-0.2, 0) is 4.74 Å². The number of hydrogen-bond donors (Lipinski definition) is 0. The standard InChI is InChI=1S/C22H29NO5/c1-17(2)7-5-8-18(3)9-6-10-19(4)15-16-27-22(24)28-21-13-11-20(12-14-21)23(25)26/h7,9,11-15H,5-6,8,10,16H2,1-4H3/b18-9+,19-15+. The zero-order valence-corrected chi connectivity index (χ0v) is 17.1. The quantitative estimate of drug-likeness (QED) is 0.150. The fourth-order valence-electron chi connectivity index (χ4n) is 2.35. The van der Waals surface area contributed by atoms with Crippen molar-refractivity contribution in [3.63, 3.8) is 0 Å². The van der Waals surface area contributed by atoms with Gasteiger partial charge in [-0.15, -0.1) is 0 Å². The Labute approximate surface area is 166 Å². The summed E-state index contributed by atoms with van der Waals surface area (Å²) in [7, 11) is 0. The molecule has 0 heterocycles. The van der Waals surface area contributed by atoms with E-state index in [1.165, 1.54) is 35.4 Å². The molecule has 1 rings (SSSR count). The Hall–Kier alpha value is -2.89. The summed E-state index contributed by atoms with van der Waals surface area (Å²) >= 11 is 0. The average molecular weight is 387 g/mol. The molecule has 0 amide bonds. The molecule has 0 saturated heterocycles. The van der Waals surface area contributed by atoms with Crippen molar-refractivity contribution in [2.75, 3.05) is 6.61 Å². The van der Waals surface area contributed by atoms with Crippen LogP contribution in [0, 0.1) is 10.1 Å². The van der Waals surface area contributed by atoms with E-state index in [0.717, 1.165) is 31.3 Å². The number of ether oxygens (including phenoxy) is 2. The largest absolute Gasteiger partial charge is 0.514 e. The Kier molecular flexibility index (Phi) is 10.3. The lowest BCUT2D eigenvalue weighted by Gasteiger charge is -2.05. The molecule has 0 aliphatic carbocycles. The molecular weight excluding hydrogens is 358 g/mol. The van der Waals surface area contributed by atoms with Gasteiger partial charge in [-0.3, -0.25) is 10.1 Å². The minimum absolute atomic E-state index is 0.0690. The molecule has 0 atom stereocenters. The average Bonchev–Trinajstić information content (AvgIpc) is 2.61. The number of nitrogens with zero attached hydrogens (tertiary/aromatic N) is 1. The second-order valence-corrected chi connectivity index (χ2v) is 6.87. The Bertz CT molecular complexity index is 741. The minimum Gasteiger partial charge on any atom is -0.430 e. The SMILES string of the molecule is CC(C)=CCC/C(C)=C/CC/C(C)=C/COC(=O)Oc1ccc([N+](=O)[O-])cc1. The van der Waals surface area contributed by atoms with Gasteiger partial charge in [-0.25, -0.2) is 4.79 Å². The highest BCUT2D eigenvalue weighted by molar-refractivity contribution is 5.64. The molecule has 0 saturated carbocycles. The van der Waals surface area contributed by atoms with Crippen LogP contribution in [-0.4, -0.2) is 17.7 Å². The Balaban J connectivity index is 2.30. The fraction of sp³-hybridized carbons (Fsp3) is 0.409. The van der Waals surface area contributed by atoms with Crippen LogP contribution in [0.1, 0.15) is 53.4 Å². The maximum atomic E-state index is 11.6. The number of allylic oxidation sites excluding steroid dienone is 5. The van der Waals surface area contributed by atoms with Crippen LogP contribution in [0.15, 0.2) is 59.2 Å². The summed E-state index contributed by atoms with van der Waals surface area (Å²) in [5.74, 6) is 0.199. The van der Waals surface area contributed by atoms with Gasteiger partial charge >= 0.3 is 6.16 Å². The van der Waals surface area contributed by atoms with Gasteiger partial charge in [0.15, 0.2) is 0 Å². The molecule has 0 aliphatic heterocycles. The lowest BCUT2D eigenvalue weighted by molar-refractivity contribution is -0.384. The normalized spacial score (nSPS) is 11.7. The summed E-state index contributed by atoms with van der Waals surface area (Å²) in [4.78, 5) is 21.7. The molecular formula is C22H29NO5. The highest BCUT2D eigenvalue weighted by atomic mass is 16.7. The van der Waals surface area contributed by atoms with E-state index in [1.807, 2.05) is 13.0 Å². The van der Waals surface area contributed by atoms with Gasteiger partial charge in [0.2, 0.25) is 0 Å². The van der Waals surface area contributed by atoms with Crippen LogP contribution in [0.25, 0.3) is 0 Å². The number of carbonyl (C=O) groups excluding carboxylic acids is 1. The number of benzene rings is 1. The van der Waals surface area contributed by atoms with Crippen molar-refractivity contribution in [3.05, 3.63) is 69.3 Å². The van der Waals surface area contributed by atoms with E-state index >= 15 is 0 Å². The van der Waals surface area contributed by atoms with Crippen molar-refractivity contribution in [3.8, 4) is 5.75 Å². The Morgan fingerprint density at radius 3 is 2.11 bits per heavy atom. The summed E-state index contributed by atoms with van der Waals surface area (Å²) < 4.78 is 9.97. The van der Waals surface area contributed by atoms with Crippen LogP contribution >= 0.6 is 0 Å². The molecule has 6 heteroatoms. The first-order valence-corrected chi connectivity index (χ1v) is 9.31. The third-order valence-electron chi connectivity index (χ3n) is 4.00. The summed E-state index contributed by atoms with van der Waals surface area (Å²) in [5, 5.41) is 10.6. The Morgan fingerprint density at radius 2 is 1.54 bits per heavy atom. The van der Waals surface area contributed by atoms with Crippen LogP contribution in [0.4, 0.5) is 10.5 Å². The van der Waals surface area contributed by atoms with Crippen molar-refractivity contribution in [1.29, 1.82) is 0 Å². The zero-order chi connectivity index (χ0) is 20.9. The summed E-state index contributed by atoms with van der Waals surface area (Å²) in [6.07, 6.45) is 9.51. The molecule has 0 bridgehead atoms. The van der Waals surface area contributed by atoms with Gasteiger partial charge in [0, 0.05) is 12.1 Å². The lowest BCUT2D eigenvalue weighted by Crippen LogP contribution is -2.10. The van der Waals surface area contributed by atoms with Gasteiger partial charge in [0.05, 0.1) is 4.92 Å². The number of non-ortho nitro benzene ring substituents is 1. The third-order valence-corrected chi connectivity index (χ3v) is 4.00. The molecule has 28 heavy (non-hydrogen) atoms. The predicted molar refractivity (Wildman–Crippen MR) is 110 cm³/mol. The van der Waals surface area contributed by atoms with E-state index in [2.05, 4.69) is 32.9 Å². The number of nitro groups is 1. The topological polar surface area (TPSA) is 78.7 Å². The number of hydrogen-bond acceptors (Lipinski definition) is 5. The van der Waals surface area contributed by atoms with Crippen molar-refractivity contribution < 1.29 is 19.2 Å². The van der Waals surface area contributed by atoms with Gasteiger partial charge in [0.1, 0.15) is 12.4 Å². The van der Waals surface area contributed by atoms with Crippen molar-refractivity contribution >= 4 is 11.8 Å². The third kappa shape index (κ3) is 10.3. The highest BCUT2D eigenvalue weighted by Crippen LogP contribution is 2.17. The second-order valence-electron chi connectivity index (χ2n) is 6.87. The predicted octanol–water partition coefficient (Wildman–Crippen LogP) is 6.53. The van der Waals surface area contributed by atoms with E-state index in [1.54, 1.807) is 0 Å². The van der Waals surface area contributed by atoms with E-state index < -0.39 is 11.1 Å². The zero-order valence-electron chi connectivity index (χ0n) is 17.1. The molecule has 1 aromatic carbocycles. The number of nitro benzene ring substituents is 1. The molecule has 0 radical (unpaired) electrons. The van der Waals surface area contributed by atoms with Crippen molar-refractivity contribution in [1.82, 2.24) is 0 Å². The van der Waals surface area contributed by atoms with Crippen LogP contribution in [0.2, 0.25) is 0 Å². The fourth-order valence-corrected chi connectivity index (χ4v) is 2.35. The van der Waals surface area contributed by atoms with Gasteiger partial charge in [-0.2, -0.15) is 0 Å². The maximum absolute atomic E-state index is 11.6. The highest BCUT2D eigenvalue weighted by Gasteiger charge is 2.08. The van der Waals surface area contributed by atoms with E-state index in [9.17, 15) is 14.9 Å². The summed E-state index contributed by atoms with van der Waals surface area (Å²) in [5.41, 5.74) is 3.80. The second kappa shape index (κ2) is 12.5. The smallest absolute Gasteiger partial charge is 0.430 e. The molecule has 0 unspecified atom stereocenters. The first-order chi connectivity index (χ1) is 13.3. The number of rotatable bonds is 10. The molecule has 0 N–H and O–H groups in total. The van der Waals surface area contributed by atoms with Crippen LogP contribution < -0.4 is 4.74 Å². The molecule has 6 nitrogen and oxygen atoms in total. The van der Waals surface area contributed by atoms with Crippen molar-refractivity contribution in [2.45, 2.75) is 53.4 Å². The van der Waals surface area contributed by atoms with Gasteiger partial charge in [-0.05, 0) is 71.6 Å². The molecule has 0 aromatic heterocycles. The Morgan fingerprint density at radius 1 is 0.964 bits per heavy atom. The molecule has 0 fully saturated rings. The monoisotopic (exact) mass is 387 g/mol. The molecule has 0 aliphatic rings. The van der Waals surface area contributed by atoms with Gasteiger partial charge in [0.25, 0.3) is 5.69 Å². The first kappa shape index (κ1) is 23.1. The van der Waals surface area contributed by atoms with E-state index in [0.29, 0.717) is 0 Å². The van der Waals surface area contributed by atoms with Gasteiger partial charge in [-0.1, -0.05) is 28.9 Å². The van der Waals surface area contributed by atoms with Crippen molar-refractivity contribution in [2.24, 2.45) is 0 Å². The molecule has 0 spiro atoms. The minimum atomic E-state index is -0.840. The molecule has 152 valence electrons. The lowest BCUT2D eigenvalue weighted by atomic mass is 10.1. The maximum Gasteiger partial charge on any atom is 0.514 e. The summed E-state index contributed by atoms with van der Waals surface area (Å²) in [6.45, 7) is 8.49. The molecule has 1 aromatic rings. The van der Waals surface area contributed by atoms with Crippen LogP contribution in [0.3, 0.4) is 0 Å². The summed E-state index contributed by atoms with van der Waals surface area (Å²) in [6, 6.07) is 5.24. The first-order valence-electron chi connectivity index (χ1n) is 9.31. The van der Waals surface area contributed by atoms with E-state index in [-0.39, 0.29) is 18.0 Å². The van der Waals surface area contributed by atoms with E-state index in [4.69, 9.17) is 9.47 Å².